The van der Waals surface area contributed by atoms with E-state index in [4.69, 9.17) is 9.15 Å². The number of fused-ring (bicyclic) bond motifs is 1. The zero-order valence-electron chi connectivity index (χ0n) is 11.4. The molecule has 106 valence electrons. The van der Waals surface area contributed by atoms with Gasteiger partial charge in [0.25, 0.3) is 5.69 Å². The first kappa shape index (κ1) is 14.1. The van der Waals surface area contributed by atoms with Crippen molar-refractivity contribution in [3.05, 3.63) is 44.6 Å². The van der Waals surface area contributed by atoms with E-state index in [1.165, 1.54) is 12.1 Å². The molecule has 0 N–H and O–H groups in total. The van der Waals surface area contributed by atoms with E-state index >= 15 is 0 Å². The van der Waals surface area contributed by atoms with Gasteiger partial charge in [-0.05, 0) is 26.8 Å². The van der Waals surface area contributed by atoms with E-state index in [1.807, 2.05) is 6.92 Å². The van der Waals surface area contributed by atoms with Gasteiger partial charge in [0.1, 0.15) is 5.60 Å². The Bertz CT molecular complexity index is 720. The molecule has 0 amide bonds. The summed E-state index contributed by atoms with van der Waals surface area (Å²) in [6.07, 6.45) is 0. The summed E-state index contributed by atoms with van der Waals surface area (Å²) < 4.78 is 10.6. The van der Waals surface area contributed by atoms with Crippen LogP contribution in [0.2, 0.25) is 0 Å². The maximum atomic E-state index is 11.9. The monoisotopic (exact) mass is 278 g/mol. The van der Waals surface area contributed by atoms with Gasteiger partial charge in [0, 0.05) is 18.7 Å². The number of nitro groups is 1. The number of hydrogen-bond donors (Lipinski definition) is 0. The minimum atomic E-state index is -0.843. The number of nitro benzene ring substituents is 1. The molecule has 0 radical (unpaired) electrons. The van der Waals surface area contributed by atoms with E-state index in [0.717, 1.165) is 6.07 Å². The van der Waals surface area contributed by atoms with Gasteiger partial charge in [0.05, 0.1) is 15.8 Å². The fourth-order valence-corrected chi connectivity index (χ4v) is 1.85. The van der Waals surface area contributed by atoms with E-state index in [0.29, 0.717) is 12.1 Å². The largest absolute Gasteiger partial charge is 0.405 e. The van der Waals surface area contributed by atoms with Crippen LogP contribution < -0.4 is 5.63 Å². The summed E-state index contributed by atoms with van der Waals surface area (Å²) in [6, 6.07) is 3.88. The molecule has 1 heterocycles. The van der Waals surface area contributed by atoms with Crippen molar-refractivity contribution < 1.29 is 14.1 Å². The second kappa shape index (κ2) is 5.01. The Morgan fingerprint density at radius 2 is 2.15 bits per heavy atom. The first-order valence-corrected chi connectivity index (χ1v) is 6.09. The number of rotatable bonds is 4. The first-order valence-electron chi connectivity index (χ1n) is 6.09. The van der Waals surface area contributed by atoms with Crippen LogP contribution in [0.1, 0.15) is 26.7 Å². The third-order valence-corrected chi connectivity index (χ3v) is 2.84. The number of benzene rings is 1. The van der Waals surface area contributed by atoms with Crippen molar-refractivity contribution in [2.45, 2.75) is 26.4 Å². The first-order chi connectivity index (χ1) is 9.35. The average molecular weight is 278 g/mol. The maximum Gasteiger partial charge on any atom is 0.347 e. The van der Waals surface area contributed by atoms with Crippen molar-refractivity contribution in [1.29, 1.82) is 0 Å². The molecule has 1 aromatic carbocycles. The maximum absolute atomic E-state index is 11.9. The van der Waals surface area contributed by atoms with E-state index < -0.39 is 16.1 Å². The van der Waals surface area contributed by atoms with Crippen molar-refractivity contribution in [2.75, 3.05) is 6.61 Å². The van der Waals surface area contributed by atoms with Crippen LogP contribution in [-0.2, 0) is 10.3 Å². The van der Waals surface area contributed by atoms with Crippen LogP contribution in [0.4, 0.5) is 5.69 Å². The lowest BCUT2D eigenvalue weighted by molar-refractivity contribution is -0.384. The van der Waals surface area contributed by atoms with Gasteiger partial charge in [-0.2, -0.15) is 0 Å². The molecule has 7 heteroatoms. The number of ether oxygens (including phenoxy) is 1. The van der Waals surface area contributed by atoms with Gasteiger partial charge in [-0.3, -0.25) is 10.1 Å². The van der Waals surface area contributed by atoms with Crippen molar-refractivity contribution in [3.63, 3.8) is 0 Å². The van der Waals surface area contributed by atoms with Gasteiger partial charge in [-0.25, -0.2) is 9.78 Å². The molecule has 20 heavy (non-hydrogen) atoms. The Kier molecular flexibility index (Phi) is 3.54. The van der Waals surface area contributed by atoms with Gasteiger partial charge in [0.15, 0.2) is 0 Å². The van der Waals surface area contributed by atoms with Crippen LogP contribution in [0, 0.1) is 10.1 Å². The van der Waals surface area contributed by atoms with Crippen molar-refractivity contribution in [3.8, 4) is 0 Å². The zero-order chi connectivity index (χ0) is 14.9. The van der Waals surface area contributed by atoms with Crippen molar-refractivity contribution >= 4 is 16.6 Å². The Morgan fingerprint density at radius 1 is 1.45 bits per heavy atom. The molecule has 0 unspecified atom stereocenters. The van der Waals surface area contributed by atoms with Gasteiger partial charge in [0.2, 0.25) is 5.89 Å². The van der Waals surface area contributed by atoms with Gasteiger partial charge < -0.3 is 9.15 Å². The van der Waals surface area contributed by atoms with E-state index in [-0.39, 0.29) is 17.0 Å². The minimum Gasteiger partial charge on any atom is -0.405 e. The third kappa shape index (κ3) is 2.53. The lowest BCUT2D eigenvalue weighted by Gasteiger charge is -2.21. The van der Waals surface area contributed by atoms with Gasteiger partial charge in [-0.1, -0.05) is 0 Å². The molecule has 2 aromatic rings. The molecule has 0 aliphatic heterocycles. The lowest BCUT2D eigenvalue weighted by Crippen LogP contribution is -2.25. The van der Waals surface area contributed by atoms with E-state index in [1.54, 1.807) is 13.8 Å². The molecular weight excluding hydrogens is 264 g/mol. The molecule has 0 saturated heterocycles. The second-order valence-corrected chi connectivity index (χ2v) is 4.71. The summed E-state index contributed by atoms with van der Waals surface area (Å²) in [6.45, 7) is 5.74. The van der Waals surface area contributed by atoms with Crippen LogP contribution in [0.5, 0.6) is 0 Å². The minimum absolute atomic E-state index is 0.0789. The fraction of sp³-hybridized carbons (Fsp3) is 0.385. The van der Waals surface area contributed by atoms with Crippen LogP contribution in [0.15, 0.2) is 27.4 Å². The van der Waals surface area contributed by atoms with E-state index in [9.17, 15) is 14.9 Å². The zero-order valence-corrected chi connectivity index (χ0v) is 11.4. The average Bonchev–Trinajstić information content (AvgIpc) is 2.38. The summed E-state index contributed by atoms with van der Waals surface area (Å²) in [4.78, 5) is 26.3. The highest BCUT2D eigenvalue weighted by atomic mass is 16.6. The Hall–Kier alpha value is -2.28. The summed E-state index contributed by atoms with van der Waals surface area (Å²) in [5.41, 5.74) is -1.34. The van der Waals surface area contributed by atoms with Gasteiger partial charge in [-0.15, -0.1) is 0 Å². The molecule has 0 fully saturated rings. The molecule has 0 aliphatic carbocycles. The predicted octanol–water partition coefficient (Wildman–Crippen LogP) is 2.37. The molecule has 1 aromatic heterocycles. The van der Waals surface area contributed by atoms with Crippen LogP contribution >= 0.6 is 0 Å². The molecule has 0 aliphatic rings. The topological polar surface area (TPSA) is 95.5 Å². The quantitative estimate of drug-likeness (QED) is 0.629. The van der Waals surface area contributed by atoms with Crippen LogP contribution in [0.3, 0.4) is 0 Å². The van der Waals surface area contributed by atoms with Crippen molar-refractivity contribution in [2.24, 2.45) is 0 Å². The van der Waals surface area contributed by atoms with E-state index in [2.05, 4.69) is 4.98 Å². The smallest absolute Gasteiger partial charge is 0.347 e. The van der Waals surface area contributed by atoms with Crippen LogP contribution in [-0.4, -0.2) is 16.5 Å². The summed E-state index contributed by atoms with van der Waals surface area (Å²) in [5, 5.41) is 10.8. The second-order valence-electron chi connectivity index (χ2n) is 4.71. The molecular formula is C13H14N2O5. The summed E-state index contributed by atoms with van der Waals surface area (Å²) in [5.74, 6) is 0.144. The number of hydrogen-bond acceptors (Lipinski definition) is 6. The lowest BCUT2D eigenvalue weighted by atomic mass is 10.1. The molecule has 0 atom stereocenters. The highest BCUT2D eigenvalue weighted by Gasteiger charge is 2.27. The number of nitrogens with zero attached hydrogens (tertiary/aromatic N) is 2. The Labute approximate surface area is 114 Å². The number of non-ortho nitro benzene ring substituents is 1. The third-order valence-electron chi connectivity index (χ3n) is 2.84. The Balaban J connectivity index is 2.62. The van der Waals surface area contributed by atoms with Crippen LogP contribution in [0.25, 0.3) is 10.9 Å². The molecule has 2 rings (SSSR count). The highest BCUT2D eigenvalue weighted by Crippen LogP contribution is 2.24. The SMILES string of the molecule is CCOC(C)(C)c1nc2ccc([N+](=O)[O-])cc2c(=O)o1. The number of aromatic nitrogens is 1. The fourth-order valence-electron chi connectivity index (χ4n) is 1.85. The standard InChI is InChI=1S/C13H14N2O5/c1-4-19-13(2,3)12-14-10-6-5-8(15(17)18)7-9(10)11(16)20-12/h5-7H,4H2,1-3H3. The predicted molar refractivity (Wildman–Crippen MR) is 71.6 cm³/mol. The molecule has 0 spiro atoms. The molecule has 0 bridgehead atoms. The Morgan fingerprint density at radius 3 is 2.75 bits per heavy atom. The van der Waals surface area contributed by atoms with Crippen molar-refractivity contribution in [1.82, 2.24) is 4.98 Å². The summed E-state index contributed by atoms with van der Waals surface area (Å²) >= 11 is 0. The normalized spacial score (nSPS) is 11.8. The summed E-state index contributed by atoms with van der Waals surface area (Å²) in [7, 11) is 0. The van der Waals surface area contributed by atoms with Gasteiger partial charge >= 0.3 is 5.63 Å². The highest BCUT2D eigenvalue weighted by molar-refractivity contribution is 5.79. The molecule has 7 nitrogen and oxygen atoms in total. The molecule has 0 saturated carbocycles.